The summed E-state index contributed by atoms with van der Waals surface area (Å²) >= 11 is 0. The van der Waals surface area contributed by atoms with Crippen LogP contribution in [0.4, 0.5) is 0 Å². The molecule has 0 aromatic heterocycles. The van der Waals surface area contributed by atoms with E-state index in [1.54, 1.807) is 0 Å². The van der Waals surface area contributed by atoms with Gasteiger partial charge in [0.1, 0.15) is 0 Å². The molecule has 0 atom stereocenters. The van der Waals surface area contributed by atoms with Crippen molar-refractivity contribution in [2.24, 2.45) is 0 Å². The standard InChI is InChI=1S/C12H26O.C4H8O.CH4O/c1-2-3-4-5-6-7-8-9-10-11-12-13;1-2-4-5-3-1;1-2/h13H,2-12H2,1H3;1-4H2;2H,1H3. The van der Waals surface area contributed by atoms with E-state index in [2.05, 4.69) is 6.92 Å². The van der Waals surface area contributed by atoms with Gasteiger partial charge in [0, 0.05) is 26.9 Å². The van der Waals surface area contributed by atoms with Crippen LogP contribution in [0, 0.1) is 0 Å². The fourth-order valence-electron chi connectivity index (χ4n) is 2.11. The molecule has 1 fully saturated rings. The number of aliphatic hydroxyl groups is 2. The first kappa shape index (κ1) is 22.2. The summed E-state index contributed by atoms with van der Waals surface area (Å²) in [4.78, 5) is 0. The van der Waals surface area contributed by atoms with E-state index < -0.39 is 0 Å². The fourth-order valence-corrected chi connectivity index (χ4v) is 2.11. The minimum Gasteiger partial charge on any atom is -0.400 e. The summed E-state index contributed by atoms with van der Waals surface area (Å²) in [6, 6.07) is 0. The third-order valence-corrected chi connectivity index (χ3v) is 3.34. The molecule has 124 valence electrons. The summed E-state index contributed by atoms with van der Waals surface area (Å²) in [6.45, 7) is 4.63. The van der Waals surface area contributed by atoms with Crippen LogP contribution in [-0.2, 0) is 4.74 Å². The lowest BCUT2D eigenvalue weighted by Crippen LogP contribution is -1.84. The average molecular weight is 290 g/mol. The highest BCUT2D eigenvalue weighted by Gasteiger charge is 1.94. The van der Waals surface area contributed by atoms with E-state index in [0.29, 0.717) is 6.61 Å². The monoisotopic (exact) mass is 290 g/mol. The van der Waals surface area contributed by atoms with Crippen LogP contribution in [0.2, 0.25) is 0 Å². The first-order valence-corrected chi connectivity index (χ1v) is 8.55. The second kappa shape index (κ2) is 23.9. The van der Waals surface area contributed by atoms with Crippen LogP contribution >= 0.6 is 0 Å². The van der Waals surface area contributed by atoms with Crippen molar-refractivity contribution in [2.75, 3.05) is 26.9 Å². The number of unbranched alkanes of at least 4 members (excludes halogenated alkanes) is 9. The molecule has 3 heteroatoms. The molecule has 1 saturated heterocycles. The maximum absolute atomic E-state index is 8.57. The Hall–Kier alpha value is -0.120. The molecule has 1 rings (SSSR count). The van der Waals surface area contributed by atoms with Crippen LogP contribution in [-0.4, -0.2) is 37.1 Å². The summed E-state index contributed by atoms with van der Waals surface area (Å²) in [5.41, 5.74) is 0. The van der Waals surface area contributed by atoms with Crippen LogP contribution in [0.5, 0.6) is 0 Å². The molecule has 0 aromatic carbocycles. The van der Waals surface area contributed by atoms with Crippen LogP contribution in [0.15, 0.2) is 0 Å². The van der Waals surface area contributed by atoms with Crippen molar-refractivity contribution in [3.8, 4) is 0 Å². The predicted molar refractivity (Wildman–Crippen MR) is 87.1 cm³/mol. The van der Waals surface area contributed by atoms with Crippen molar-refractivity contribution >= 4 is 0 Å². The van der Waals surface area contributed by atoms with Crippen LogP contribution < -0.4 is 0 Å². The molecule has 0 saturated carbocycles. The van der Waals surface area contributed by atoms with Crippen molar-refractivity contribution in [3.05, 3.63) is 0 Å². The van der Waals surface area contributed by atoms with Gasteiger partial charge in [0.15, 0.2) is 0 Å². The van der Waals surface area contributed by atoms with Gasteiger partial charge in [-0.05, 0) is 19.3 Å². The highest BCUT2D eigenvalue weighted by atomic mass is 16.5. The van der Waals surface area contributed by atoms with Gasteiger partial charge in [0.05, 0.1) is 0 Å². The lowest BCUT2D eigenvalue weighted by atomic mass is 10.1. The van der Waals surface area contributed by atoms with E-state index in [4.69, 9.17) is 14.9 Å². The molecule has 20 heavy (non-hydrogen) atoms. The van der Waals surface area contributed by atoms with Crippen molar-refractivity contribution in [2.45, 2.75) is 84.0 Å². The molecule has 3 nitrogen and oxygen atoms in total. The minimum absolute atomic E-state index is 0.372. The van der Waals surface area contributed by atoms with Gasteiger partial charge in [0.25, 0.3) is 0 Å². The third-order valence-electron chi connectivity index (χ3n) is 3.34. The molecule has 0 aliphatic carbocycles. The number of hydrogen-bond acceptors (Lipinski definition) is 3. The Bertz CT molecular complexity index is 119. The highest BCUT2D eigenvalue weighted by molar-refractivity contribution is 4.46. The van der Waals surface area contributed by atoms with Gasteiger partial charge in [0.2, 0.25) is 0 Å². The predicted octanol–water partition coefficient (Wildman–Crippen LogP) is 4.30. The molecule has 0 amide bonds. The van der Waals surface area contributed by atoms with Gasteiger partial charge in [-0.3, -0.25) is 0 Å². The molecule has 1 aliphatic heterocycles. The molecule has 1 aliphatic rings. The molecular formula is C17H38O3. The summed E-state index contributed by atoms with van der Waals surface area (Å²) < 4.78 is 4.94. The first-order chi connectivity index (χ1) is 9.91. The second-order valence-electron chi connectivity index (χ2n) is 5.23. The summed E-state index contributed by atoms with van der Waals surface area (Å²) in [7, 11) is 1.00. The molecule has 0 unspecified atom stereocenters. The van der Waals surface area contributed by atoms with Crippen molar-refractivity contribution < 1.29 is 14.9 Å². The molecule has 1 heterocycles. The van der Waals surface area contributed by atoms with E-state index in [1.165, 1.54) is 70.6 Å². The summed E-state index contributed by atoms with van der Waals surface area (Å²) in [5, 5.41) is 15.6. The van der Waals surface area contributed by atoms with Gasteiger partial charge in [-0.2, -0.15) is 0 Å². The minimum atomic E-state index is 0.372. The number of rotatable bonds is 10. The number of hydrogen-bond donors (Lipinski definition) is 2. The average Bonchev–Trinajstić information content (AvgIpc) is 3.07. The Morgan fingerprint density at radius 3 is 1.40 bits per heavy atom. The maximum Gasteiger partial charge on any atom is 0.0466 e. The Morgan fingerprint density at radius 2 is 1.10 bits per heavy atom. The van der Waals surface area contributed by atoms with Gasteiger partial charge < -0.3 is 14.9 Å². The van der Waals surface area contributed by atoms with Crippen LogP contribution in [0.1, 0.15) is 84.0 Å². The summed E-state index contributed by atoms with van der Waals surface area (Å²) in [6.07, 6.45) is 15.9. The number of aliphatic hydroxyl groups excluding tert-OH is 2. The second-order valence-corrected chi connectivity index (χ2v) is 5.23. The van der Waals surface area contributed by atoms with Crippen LogP contribution in [0.3, 0.4) is 0 Å². The molecule has 2 N–H and O–H groups in total. The molecule has 0 spiro atoms. The van der Waals surface area contributed by atoms with E-state index in [9.17, 15) is 0 Å². The SMILES string of the molecule is C1CCOC1.CCCCCCCCCCCCO.CO. The lowest BCUT2D eigenvalue weighted by molar-refractivity contribution is 0.198. The Labute approximate surface area is 126 Å². The zero-order chi connectivity index (χ0) is 15.3. The smallest absolute Gasteiger partial charge is 0.0466 e. The van der Waals surface area contributed by atoms with Gasteiger partial charge in [-0.1, -0.05) is 64.7 Å². The number of ether oxygens (including phenoxy) is 1. The zero-order valence-corrected chi connectivity index (χ0v) is 13.9. The first-order valence-electron chi connectivity index (χ1n) is 8.55. The highest BCUT2D eigenvalue weighted by Crippen LogP contribution is 2.09. The molecule has 0 bridgehead atoms. The zero-order valence-electron chi connectivity index (χ0n) is 13.9. The van der Waals surface area contributed by atoms with Crippen LogP contribution in [0.25, 0.3) is 0 Å². The molecule has 0 radical (unpaired) electrons. The van der Waals surface area contributed by atoms with E-state index in [-0.39, 0.29) is 0 Å². The quantitative estimate of drug-likeness (QED) is 0.590. The topological polar surface area (TPSA) is 49.7 Å². The van der Waals surface area contributed by atoms with Crippen molar-refractivity contribution in [3.63, 3.8) is 0 Å². The summed E-state index contributed by atoms with van der Waals surface area (Å²) in [5.74, 6) is 0. The van der Waals surface area contributed by atoms with E-state index >= 15 is 0 Å². The maximum atomic E-state index is 8.57. The third kappa shape index (κ3) is 23.0. The van der Waals surface area contributed by atoms with E-state index in [0.717, 1.165) is 26.7 Å². The largest absolute Gasteiger partial charge is 0.400 e. The van der Waals surface area contributed by atoms with Gasteiger partial charge >= 0.3 is 0 Å². The molecule has 0 aromatic rings. The Morgan fingerprint density at radius 1 is 0.700 bits per heavy atom. The van der Waals surface area contributed by atoms with Crippen molar-refractivity contribution in [1.29, 1.82) is 0 Å². The Kier molecular flexibility index (Phi) is 26.5. The fraction of sp³-hybridized carbons (Fsp3) is 1.00. The van der Waals surface area contributed by atoms with E-state index in [1.807, 2.05) is 0 Å². The Balaban J connectivity index is 0. The van der Waals surface area contributed by atoms with Crippen molar-refractivity contribution in [1.82, 2.24) is 0 Å². The molecular weight excluding hydrogens is 252 g/mol. The lowest BCUT2D eigenvalue weighted by Gasteiger charge is -2.00. The normalized spacial score (nSPS) is 13.2. The van der Waals surface area contributed by atoms with Gasteiger partial charge in [-0.25, -0.2) is 0 Å². The van der Waals surface area contributed by atoms with Gasteiger partial charge in [-0.15, -0.1) is 0 Å².